The van der Waals surface area contributed by atoms with E-state index in [0.29, 0.717) is 5.56 Å². The minimum Gasteiger partial charge on any atom is -0.478 e. The Morgan fingerprint density at radius 1 is 1.53 bits per heavy atom. The number of alkyl halides is 2. The first-order chi connectivity index (χ1) is 6.91. The van der Waals surface area contributed by atoms with Crippen LogP contribution < -0.4 is 4.74 Å². The van der Waals surface area contributed by atoms with E-state index in [9.17, 15) is 13.6 Å². The predicted octanol–water partition coefficient (Wildman–Crippen LogP) is 2.68. The second-order valence-electron chi connectivity index (χ2n) is 3.14. The molecule has 6 heteroatoms. The molecular formula is C9H5BrF2O3. The van der Waals surface area contributed by atoms with E-state index in [-0.39, 0.29) is 15.8 Å². The fourth-order valence-corrected chi connectivity index (χ4v) is 2.06. The summed E-state index contributed by atoms with van der Waals surface area (Å²) in [5, 5.41) is 8.75. The Balaban J connectivity index is 2.53. The van der Waals surface area contributed by atoms with Gasteiger partial charge in [-0.05, 0) is 22.0 Å². The third-order valence-electron chi connectivity index (χ3n) is 2.06. The Morgan fingerprint density at radius 2 is 2.20 bits per heavy atom. The third-order valence-corrected chi connectivity index (χ3v) is 2.84. The quantitative estimate of drug-likeness (QED) is 0.859. The van der Waals surface area contributed by atoms with Crippen molar-refractivity contribution >= 4 is 21.9 Å². The number of rotatable bonds is 1. The topological polar surface area (TPSA) is 46.5 Å². The van der Waals surface area contributed by atoms with Crippen molar-refractivity contribution in [2.45, 2.75) is 12.5 Å². The van der Waals surface area contributed by atoms with Crippen molar-refractivity contribution in [3.8, 4) is 5.75 Å². The minimum atomic E-state index is -3.25. The van der Waals surface area contributed by atoms with Gasteiger partial charge in [0.25, 0.3) is 0 Å². The Kier molecular flexibility index (Phi) is 2.18. The van der Waals surface area contributed by atoms with Gasteiger partial charge in [0, 0.05) is 5.56 Å². The number of benzene rings is 1. The normalized spacial score (nSPS) is 17.0. The van der Waals surface area contributed by atoms with Gasteiger partial charge >= 0.3 is 12.1 Å². The molecule has 0 spiro atoms. The Bertz CT molecular complexity index is 445. The second-order valence-corrected chi connectivity index (χ2v) is 3.93. The number of hydrogen-bond acceptors (Lipinski definition) is 2. The molecule has 1 aromatic rings. The molecule has 1 aromatic carbocycles. The van der Waals surface area contributed by atoms with Crippen LogP contribution in [0.25, 0.3) is 0 Å². The highest BCUT2D eigenvalue weighted by molar-refractivity contribution is 9.10. The van der Waals surface area contributed by atoms with Crippen LogP contribution in [0.4, 0.5) is 8.78 Å². The molecule has 0 saturated carbocycles. The average Bonchev–Trinajstić information content (AvgIpc) is 2.40. The summed E-state index contributed by atoms with van der Waals surface area (Å²) in [6.07, 6.45) is -3.77. The molecule has 80 valence electrons. The van der Waals surface area contributed by atoms with Gasteiger partial charge < -0.3 is 9.84 Å². The summed E-state index contributed by atoms with van der Waals surface area (Å²) in [5.41, 5.74) is 0.211. The van der Waals surface area contributed by atoms with Gasteiger partial charge in [-0.25, -0.2) is 4.79 Å². The third kappa shape index (κ3) is 1.69. The molecule has 0 unspecified atom stereocenters. The zero-order valence-electron chi connectivity index (χ0n) is 7.26. The SMILES string of the molecule is O=C(O)c1ccc2c(c1Br)OC(F)(F)C2. The molecule has 1 aliphatic heterocycles. The van der Waals surface area contributed by atoms with Gasteiger partial charge in [0.1, 0.15) is 5.75 Å². The maximum Gasteiger partial charge on any atom is 0.402 e. The van der Waals surface area contributed by atoms with Gasteiger partial charge in [-0.2, -0.15) is 8.78 Å². The number of carbonyl (C=O) groups is 1. The monoisotopic (exact) mass is 278 g/mol. The summed E-state index contributed by atoms with van der Waals surface area (Å²) < 4.78 is 30.2. The van der Waals surface area contributed by atoms with Gasteiger partial charge in [-0.3, -0.25) is 0 Å². The fraction of sp³-hybridized carbons (Fsp3) is 0.222. The molecule has 2 rings (SSSR count). The summed E-state index contributed by atoms with van der Waals surface area (Å²) in [6, 6.07) is 2.61. The molecule has 0 fully saturated rings. The Labute approximate surface area is 91.8 Å². The lowest BCUT2D eigenvalue weighted by molar-refractivity contribution is -0.159. The highest BCUT2D eigenvalue weighted by atomic mass is 79.9. The van der Waals surface area contributed by atoms with Crippen LogP contribution >= 0.6 is 15.9 Å². The molecule has 0 saturated heterocycles. The lowest BCUT2D eigenvalue weighted by Crippen LogP contribution is -2.20. The Morgan fingerprint density at radius 3 is 2.80 bits per heavy atom. The van der Waals surface area contributed by atoms with Crippen molar-refractivity contribution in [2.24, 2.45) is 0 Å². The molecule has 1 N–H and O–H groups in total. The van der Waals surface area contributed by atoms with Crippen LogP contribution in [0.1, 0.15) is 15.9 Å². The standard InChI is InChI=1S/C9H5BrF2O3/c10-6-5(8(13)14)2-1-4-3-9(11,12)15-7(4)6/h1-2H,3H2,(H,13,14). The van der Waals surface area contributed by atoms with Gasteiger partial charge in [-0.15, -0.1) is 0 Å². The van der Waals surface area contributed by atoms with Crippen LogP contribution in [0, 0.1) is 0 Å². The molecule has 0 atom stereocenters. The van der Waals surface area contributed by atoms with Crippen molar-refractivity contribution in [1.29, 1.82) is 0 Å². The highest BCUT2D eigenvalue weighted by Gasteiger charge is 2.41. The molecule has 1 heterocycles. The molecule has 1 aliphatic rings. The lowest BCUT2D eigenvalue weighted by Gasteiger charge is -2.08. The molecule has 0 aromatic heterocycles. The van der Waals surface area contributed by atoms with Crippen molar-refractivity contribution in [3.05, 3.63) is 27.7 Å². The number of ether oxygens (including phenoxy) is 1. The smallest absolute Gasteiger partial charge is 0.402 e. The van der Waals surface area contributed by atoms with E-state index in [1.807, 2.05) is 0 Å². The van der Waals surface area contributed by atoms with E-state index in [1.54, 1.807) is 0 Å². The van der Waals surface area contributed by atoms with Gasteiger partial charge in [-0.1, -0.05) is 6.07 Å². The lowest BCUT2D eigenvalue weighted by atomic mass is 10.1. The van der Waals surface area contributed by atoms with Crippen molar-refractivity contribution in [3.63, 3.8) is 0 Å². The molecule has 15 heavy (non-hydrogen) atoms. The second kappa shape index (κ2) is 3.16. The molecule has 0 radical (unpaired) electrons. The maximum atomic E-state index is 12.9. The van der Waals surface area contributed by atoms with Crippen LogP contribution in [-0.4, -0.2) is 17.2 Å². The molecule has 0 amide bonds. The molecule has 0 bridgehead atoms. The number of halogens is 3. The van der Waals surface area contributed by atoms with E-state index in [1.165, 1.54) is 12.1 Å². The van der Waals surface area contributed by atoms with Crippen LogP contribution in [0.15, 0.2) is 16.6 Å². The summed E-state index contributed by atoms with van der Waals surface area (Å²) in [6.45, 7) is 0. The Hall–Kier alpha value is -1.17. The zero-order chi connectivity index (χ0) is 11.2. The van der Waals surface area contributed by atoms with E-state index in [0.717, 1.165) is 0 Å². The maximum absolute atomic E-state index is 12.9. The summed E-state index contributed by atoms with van der Waals surface area (Å²) >= 11 is 2.95. The highest BCUT2D eigenvalue weighted by Crippen LogP contribution is 2.43. The number of hydrogen-bond donors (Lipinski definition) is 1. The van der Waals surface area contributed by atoms with E-state index in [4.69, 9.17) is 5.11 Å². The first-order valence-corrected chi connectivity index (χ1v) is 4.81. The van der Waals surface area contributed by atoms with E-state index in [2.05, 4.69) is 20.7 Å². The molecule has 0 aliphatic carbocycles. The average molecular weight is 279 g/mol. The predicted molar refractivity (Wildman–Crippen MR) is 50.4 cm³/mol. The minimum absolute atomic E-state index is 0.0599. The van der Waals surface area contributed by atoms with Crippen molar-refractivity contribution in [1.82, 2.24) is 0 Å². The largest absolute Gasteiger partial charge is 0.478 e. The van der Waals surface area contributed by atoms with E-state index < -0.39 is 18.5 Å². The van der Waals surface area contributed by atoms with Gasteiger partial charge in [0.15, 0.2) is 0 Å². The molecule has 3 nitrogen and oxygen atoms in total. The number of fused-ring (bicyclic) bond motifs is 1. The fourth-order valence-electron chi connectivity index (χ4n) is 1.42. The summed E-state index contributed by atoms with van der Waals surface area (Å²) in [5.74, 6) is -1.27. The van der Waals surface area contributed by atoms with Crippen LogP contribution in [-0.2, 0) is 6.42 Å². The van der Waals surface area contributed by atoms with Crippen LogP contribution in [0.5, 0.6) is 5.75 Å². The van der Waals surface area contributed by atoms with Crippen molar-refractivity contribution < 1.29 is 23.4 Å². The first kappa shape index (κ1) is 10.4. The summed E-state index contributed by atoms with van der Waals surface area (Å²) in [4.78, 5) is 10.7. The zero-order valence-corrected chi connectivity index (χ0v) is 8.85. The summed E-state index contributed by atoms with van der Waals surface area (Å²) in [7, 11) is 0. The van der Waals surface area contributed by atoms with E-state index >= 15 is 0 Å². The number of aromatic carboxylic acids is 1. The van der Waals surface area contributed by atoms with Crippen LogP contribution in [0.3, 0.4) is 0 Å². The molecular weight excluding hydrogens is 274 g/mol. The number of carboxylic acid groups (broad SMARTS) is 1. The van der Waals surface area contributed by atoms with Crippen molar-refractivity contribution in [2.75, 3.05) is 0 Å². The van der Waals surface area contributed by atoms with Crippen LogP contribution in [0.2, 0.25) is 0 Å². The van der Waals surface area contributed by atoms with Gasteiger partial charge in [0.05, 0.1) is 16.5 Å². The van der Waals surface area contributed by atoms with Gasteiger partial charge in [0.2, 0.25) is 0 Å². The number of carboxylic acids is 1. The first-order valence-electron chi connectivity index (χ1n) is 4.02.